The monoisotopic (exact) mass is 1480 g/mol. The molecule has 3 rings (SSSR count). The van der Waals surface area contributed by atoms with E-state index in [-0.39, 0.29) is 0 Å². The molecule has 0 saturated heterocycles. The lowest BCUT2D eigenvalue weighted by molar-refractivity contribution is 0.149. The Morgan fingerprint density at radius 2 is 0.356 bits per heavy atom. The molecule has 0 saturated carbocycles. The maximum atomic E-state index is 15.2. The Labute approximate surface area is 641 Å². The van der Waals surface area contributed by atoms with E-state index in [1.807, 2.05) is 36.4 Å². The summed E-state index contributed by atoms with van der Waals surface area (Å²) in [5.41, 5.74) is 0. The molecule has 0 radical (unpaired) electrons. The summed E-state index contributed by atoms with van der Waals surface area (Å²) < 4.78 is 73.0. The first-order chi connectivity index (χ1) is 51.2. The molecule has 13 heteroatoms. The van der Waals surface area contributed by atoms with Crippen molar-refractivity contribution >= 4 is 16.5 Å². The minimum absolute atomic E-state index is 0.363. The summed E-state index contributed by atoms with van der Waals surface area (Å²) in [5.74, 6) is 4.32. The number of ether oxygens (including phenoxy) is 9. The fourth-order valence-corrected chi connectivity index (χ4v) is 17.0. The van der Waals surface area contributed by atoms with Crippen LogP contribution in [-0.2, 0) is 4.18 Å². The molecule has 0 heterocycles. The van der Waals surface area contributed by atoms with Crippen molar-refractivity contribution in [2.45, 2.75) is 424 Å². The molecule has 602 valence electrons. The molecule has 12 nitrogen and oxygen atoms in total. The minimum atomic E-state index is -3.92. The van der Waals surface area contributed by atoms with Gasteiger partial charge in [0, 0.05) is 46.7 Å². The van der Waals surface area contributed by atoms with E-state index >= 15 is 4.79 Å². The van der Waals surface area contributed by atoms with Crippen molar-refractivity contribution < 1.29 is 56.7 Å². The molecule has 0 aliphatic heterocycles. The highest BCUT2D eigenvalue weighted by atomic mass is 32.3. The van der Waals surface area contributed by atoms with E-state index in [4.69, 9.17) is 46.8 Å². The topological polar surface area (TPSA) is 130 Å². The average molecular weight is 1480 g/mol. The van der Waals surface area contributed by atoms with Crippen LogP contribution in [0.15, 0.2) is 51.1 Å². The van der Waals surface area contributed by atoms with E-state index in [1.165, 1.54) is 96.3 Å². The second-order valence-corrected chi connectivity index (χ2v) is 32.2. The second-order valence-electron chi connectivity index (χ2n) is 29.7. The van der Waals surface area contributed by atoms with Crippen molar-refractivity contribution in [2.75, 3.05) is 59.5 Å². The SMILES string of the molecule is CCCCCCCCOc1cc(OCCCCCCCC)c(S(OC(=O)O)(c2c(OCCCCCCCC)cc(OCCCCCCCC)cc2OCCCCCCCC)c2c(OCCCCCCCC)cc(OCCCCCCCC)cc2OCCCCCCCC)c(OCCCCCCCC)c1. The van der Waals surface area contributed by atoms with Gasteiger partial charge in [-0.25, -0.2) is 4.79 Å². The van der Waals surface area contributed by atoms with Gasteiger partial charge in [-0.1, -0.05) is 351 Å². The van der Waals surface area contributed by atoms with Gasteiger partial charge in [0.05, 0.1) is 59.5 Å². The van der Waals surface area contributed by atoms with Crippen molar-refractivity contribution in [2.24, 2.45) is 0 Å². The molecule has 104 heavy (non-hydrogen) atoms. The molecule has 0 bridgehead atoms. The molecule has 0 unspecified atom stereocenters. The number of carboxylic acid groups (broad SMARTS) is 1. The van der Waals surface area contributed by atoms with E-state index in [0.717, 1.165) is 250 Å². The maximum Gasteiger partial charge on any atom is 0.517 e. The first-order valence-electron chi connectivity index (χ1n) is 44.2. The summed E-state index contributed by atoms with van der Waals surface area (Å²) in [6.45, 7) is 24.0. The zero-order valence-corrected chi connectivity index (χ0v) is 69.7. The maximum absolute atomic E-state index is 15.2. The number of hydrogen-bond acceptors (Lipinski definition) is 11. The standard InChI is InChI=1S/C91H160O12S/c1-10-19-28-37-46-55-64-94-79-73-82(97-67-58-49-40-31-22-13-4)88(83(74-79)98-68-59-50-41-32-23-14-5)104(103-91(92)93,89-84(99-69-60-51-42-33-24-15-6)75-80(95-65-56-47-38-29-20-11-2)76-85(89)100-70-61-52-43-34-25-16-7)90-86(101-71-62-53-44-35-26-17-8)77-81(96-66-57-48-39-30-21-12-3)78-87(90)102-72-63-54-45-36-27-18-9/h73-78H,10-72H2,1-9H3,(H,92,93). The molecule has 0 fully saturated rings. The van der Waals surface area contributed by atoms with E-state index in [9.17, 15) is 5.11 Å². The minimum Gasteiger partial charge on any atom is -0.493 e. The van der Waals surface area contributed by atoms with Crippen LogP contribution in [0.3, 0.4) is 0 Å². The van der Waals surface area contributed by atoms with Gasteiger partial charge >= 0.3 is 6.16 Å². The lowest BCUT2D eigenvalue weighted by Crippen LogP contribution is -2.20. The largest absolute Gasteiger partial charge is 0.517 e. The molecule has 3 aromatic carbocycles. The van der Waals surface area contributed by atoms with Crippen LogP contribution >= 0.6 is 10.3 Å². The predicted octanol–water partition coefficient (Wildman–Crippen LogP) is 30.2. The van der Waals surface area contributed by atoms with E-state index in [2.05, 4.69) is 62.3 Å². The van der Waals surface area contributed by atoms with Gasteiger partial charge in [0.1, 0.15) is 66.4 Å². The molecular weight excluding hydrogens is 1320 g/mol. The number of benzene rings is 3. The molecule has 0 amide bonds. The molecule has 0 atom stereocenters. The first kappa shape index (κ1) is 93.7. The molecule has 0 aliphatic carbocycles. The highest BCUT2D eigenvalue weighted by molar-refractivity contribution is 8.30. The Morgan fingerprint density at radius 1 is 0.221 bits per heavy atom. The summed E-state index contributed by atoms with van der Waals surface area (Å²) in [4.78, 5) is 16.5. The summed E-state index contributed by atoms with van der Waals surface area (Å²) in [6, 6.07) is 11.9. The van der Waals surface area contributed by atoms with Crippen LogP contribution in [0.4, 0.5) is 4.79 Å². The molecule has 0 aromatic heterocycles. The van der Waals surface area contributed by atoms with Crippen LogP contribution < -0.4 is 42.6 Å². The first-order valence-corrected chi connectivity index (χ1v) is 45.7. The van der Waals surface area contributed by atoms with Crippen LogP contribution in [0.25, 0.3) is 0 Å². The van der Waals surface area contributed by atoms with E-state index in [1.54, 1.807) is 0 Å². The zero-order chi connectivity index (χ0) is 74.9. The van der Waals surface area contributed by atoms with Gasteiger partial charge in [-0.15, -0.1) is 0 Å². The highest BCUT2D eigenvalue weighted by Crippen LogP contribution is 2.81. The zero-order valence-electron chi connectivity index (χ0n) is 68.9. The number of unbranched alkanes of at least 4 members (excludes halogenated alkanes) is 45. The Bertz CT molecular complexity index is 2110. The van der Waals surface area contributed by atoms with Crippen molar-refractivity contribution in [1.29, 1.82) is 0 Å². The lowest BCUT2D eigenvalue weighted by Gasteiger charge is -2.43. The number of hydrogen-bond donors (Lipinski definition) is 1. The lowest BCUT2D eigenvalue weighted by atomic mass is 10.1. The average Bonchev–Trinajstić information content (AvgIpc) is 0.707. The molecular formula is C91H160O12S. The normalized spacial score (nSPS) is 11.7. The highest BCUT2D eigenvalue weighted by Gasteiger charge is 2.50. The second kappa shape index (κ2) is 65.6. The molecule has 0 aliphatic rings. The third kappa shape index (κ3) is 41.7. The Morgan fingerprint density at radius 3 is 0.500 bits per heavy atom. The third-order valence-electron chi connectivity index (χ3n) is 19.9. The quantitative estimate of drug-likeness (QED) is 0.0540. The Hall–Kier alpha value is -4.52. The van der Waals surface area contributed by atoms with Gasteiger partial charge in [0.2, 0.25) is 0 Å². The van der Waals surface area contributed by atoms with E-state index < -0.39 is 16.5 Å². The van der Waals surface area contributed by atoms with Gasteiger partial charge in [0.15, 0.2) is 0 Å². The predicted molar refractivity (Wildman–Crippen MR) is 441 cm³/mol. The summed E-state index contributed by atoms with van der Waals surface area (Å²) in [7, 11) is -3.92. The third-order valence-corrected chi connectivity index (χ3v) is 23.2. The van der Waals surface area contributed by atoms with Crippen molar-refractivity contribution in [1.82, 2.24) is 0 Å². The Balaban J connectivity index is 2.90. The van der Waals surface area contributed by atoms with Crippen LogP contribution in [0.2, 0.25) is 0 Å². The van der Waals surface area contributed by atoms with Crippen LogP contribution in [0.1, 0.15) is 409 Å². The summed E-state index contributed by atoms with van der Waals surface area (Å²) >= 11 is 0. The van der Waals surface area contributed by atoms with Gasteiger partial charge in [-0.3, -0.25) is 0 Å². The number of carbonyl (C=O) groups is 1. The summed E-state index contributed by atoms with van der Waals surface area (Å²) in [5, 5.41) is 12.4. The fraction of sp³-hybridized carbons (Fsp3) is 0.791. The van der Waals surface area contributed by atoms with Crippen molar-refractivity contribution in [3.63, 3.8) is 0 Å². The van der Waals surface area contributed by atoms with Gasteiger partial charge in [-0.2, -0.15) is 0 Å². The van der Waals surface area contributed by atoms with Gasteiger partial charge in [-0.05, 0) is 57.8 Å². The molecule has 3 aromatic rings. The van der Waals surface area contributed by atoms with Gasteiger partial charge < -0.3 is 51.9 Å². The van der Waals surface area contributed by atoms with Crippen molar-refractivity contribution in [3.05, 3.63) is 36.4 Å². The van der Waals surface area contributed by atoms with Gasteiger partial charge in [0.25, 0.3) is 0 Å². The molecule has 0 spiro atoms. The summed E-state index contributed by atoms with van der Waals surface area (Å²) in [6.07, 6.45) is 56.8. The number of rotatable bonds is 76. The smallest absolute Gasteiger partial charge is 0.493 e. The fourth-order valence-electron chi connectivity index (χ4n) is 13.5. The van der Waals surface area contributed by atoms with Crippen molar-refractivity contribution in [3.8, 4) is 51.7 Å². The van der Waals surface area contributed by atoms with E-state index in [0.29, 0.717) is 126 Å². The Kier molecular flexibility index (Phi) is 59.1. The van der Waals surface area contributed by atoms with Crippen LogP contribution in [-0.4, -0.2) is 70.7 Å². The molecule has 1 N–H and O–H groups in total. The van der Waals surface area contributed by atoms with Crippen LogP contribution in [0, 0.1) is 0 Å². The van der Waals surface area contributed by atoms with Crippen LogP contribution in [0.5, 0.6) is 51.7 Å².